The molecule has 2 aromatic carbocycles. The lowest BCUT2D eigenvalue weighted by Crippen LogP contribution is -2.30. The first kappa shape index (κ1) is 17.3. The number of alkyl halides is 3. The molecule has 1 amide bonds. The predicted molar refractivity (Wildman–Crippen MR) is 81.3 cm³/mol. The molecule has 0 bridgehead atoms. The summed E-state index contributed by atoms with van der Waals surface area (Å²) in [7, 11) is 0. The summed E-state index contributed by atoms with van der Waals surface area (Å²) >= 11 is 0. The highest BCUT2D eigenvalue weighted by atomic mass is 19.4. The number of nitrogens with zero attached hydrogens (tertiary/aromatic N) is 1. The molecule has 0 radical (unpaired) electrons. The summed E-state index contributed by atoms with van der Waals surface area (Å²) in [5, 5.41) is 11.5. The van der Waals surface area contributed by atoms with Crippen LogP contribution in [0.3, 0.4) is 0 Å². The zero-order valence-corrected chi connectivity index (χ0v) is 12.6. The SMILES string of the molecule is C[C@H](Oc1ccc(C(F)(F)F)cc1)C(=O)Nc1ccccc1C#N. The van der Waals surface area contributed by atoms with Crippen LogP contribution >= 0.6 is 0 Å². The van der Waals surface area contributed by atoms with Crippen molar-refractivity contribution in [1.82, 2.24) is 0 Å². The van der Waals surface area contributed by atoms with Crippen molar-refractivity contribution in [1.29, 1.82) is 5.26 Å². The van der Waals surface area contributed by atoms with E-state index < -0.39 is 23.8 Å². The van der Waals surface area contributed by atoms with Gasteiger partial charge in [-0.25, -0.2) is 0 Å². The number of halogens is 3. The first-order chi connectivity index (χ1) is 11.3. The van der Waals surface area contributed by atoms with Crippen molar-refractivity contribution < 1.29 is 22.7 Å². The van der Waals surface area contributed by atoms with Crippen LogP contribution in [-0.2, 0) is 11.0 Å². The van der Waals surface area contributed by atoms with Crippen LogP contribution in [0.5, 0.6) is 5.75 Å². The summed E-state index contributed by atoms with van der Waals surface area (Å²) in [5.74, 6) is -0.378. The highest BCUT2D eigenvalue weighted by Gasteiger charge is 2.30. The Kier molecular flexibility index (Phi) is 5.09. The van der Waals surface area contributed by atoms with E-state index >= 15 is 0 Å². The van der Waals surface area contributed by atoms with Crippen molar-refractivity contribution in [2.75, 3.05) is 5.32 Å². The Morgan fingerprint density at radius 1 is 1.17 bits per heavy atom. The number of anilines is 1. The fourth-order valence-corrected chi connectivity index (χ4v) is 1.90. The second kappa shape index (κ2) is 7.04. The Hall–Kier alpha value is -3.01. The van der Waals surface area contributed by atoms with Gasteiger partial charge in [0, 0.05) is 0 Å². The van der Waals surface area contributed by atoms with E-state index in [2.05, 4.69) is 5.32 Å². The number of benzene rings is 2. The zero-order chi connectivity index (χ0) is 17.7. The van der Waals surface area contributed by atoms with Crippen LogP contribution in [0.1, 0.15) is 18.1 Å². The minimum atomic E-state index is -4.43. The Balaban J connectivity index is 2.03. The van der Waals surface area contributed by atoms with E-state index in [9.17, 15) is 18.0 Å². The second-order valence-electron chi connectivity index (χ2n) is 4.93. The first-order valence-corrected chi connectivity index (χ1v) is 6.95. The van der Waals surface area contributed by atoms with Gasteiger partial charge in [-0.05, 0) is 43.3 Å². The number of hydrogen-bond acceptors (Lipinski definition) is 3. The average molecular weight is 334 g/mol. The number of carbonyl (C=O) groups excluding carboxylic acids is 1. The van der Waals surface area contributed by atoms with Gasteiger partial charge < -0.3 is 10.1 Å². The average Bonchev–Trinajstić information content (AvgIpc) is 2.55. The highest BCUT2D eigenvalue weighted by molar-refractivity contribution is 5.95. The lowest BCUT2D eigenvalue weighted by Gasteiger charge is -2.16. The van der Waals surface area contributed by atoms with Gasteiger partial charge in [0.2, 0.25) is 0 Å². The van der Waals surface area contributed by atoms with Gasteiger partial charge in [0.05, 0.1) is 16.8 Å². The standard InChI is InChI=1S/C17H13F3N2O2/c1-11(16(23)22-15-5-3-2-4-12(15)10-21)24-14-8-6-13(7-9-14)17(18,19)20/h2-9,11H,1H3,(H,22,23)/t11-/m0/s1. The molecular weight excluding hydrogens is 321 g/mol. The molecule has 0 aliphatic heterocycles. The van der Waals surface area contributed by atoms with E-state index in [0.29, 0.717) is 11.3 Å². The van der Waals surface area contributed by atoms with E-state index in [1.54, 1.807) is 24.3 Å². The van der Waals surface area contributed by atoms with Crippen LogP contribution in [0.15, 0.2) is 48.5 Å². The Morgan fingerprint density at radius 2 is 1.79 bits per heavy atom. The van der Waals surface area contributed by atoms with Crippen LogP contribution in [0, 0.1) is 11.3 Å². The number of carbonyl (C=O) groups is 1. The maximum absolute atomic E-state index is 12.5. The van der Waals surface area contributed by atoms with Crippen molar-refractivity contribution >= 4 is 11.6 Å². The quantitative estimate of drug-likeness (QED) is 0.920. The lowest BCUT2D eigenvalue weighted by atomic mass is 10.2. The van der Waals surface area contributed by atoms with Gasteiger partial charge in [0.1, 0.15) is 11.8 Å². The molecule has 7 heteroatoms. The van der Waals surface area contributed by atoms with Crippen LogP contribution < -0.4 is 10.1 Å². The molecule has 0 unspecified atom stereocenters. The third kappa shape index (κ3) is 4.26. The summed E-state index contributed by atoms with van der Waals surface area (Å²) in [6.07, 6.45) is -5.38. The van der Waals surface area contributed by atoms with Crippen molar-refractivity contribution in [2.24, 2.45) is 0 Å². The summed E-state index contributed by atoms with van der Waals surface area (Å²) in [6, 6.07) is 12.5. The van der Waals surface area contributed by atoms with Crippen molar-refractivity contribution in [3.63, 3.8) is 0 Å². The van der Waals surface area contributed by atoms with Gasteiger partial charge in [-0.15, -0.1) is 0 Å². The molecule has 0 aliphatic rings. The number of amides is 1. The lowest BCUT2D eigenvalue weighted by molar-refractivity contribution is -0.137. The van der Waals surface area contributed by atoms with E-state index in [0.717, 1.165) is 24.3 Å². The number of nitrogens with one attached hydrogen (secondary N) is 1. The first-order valence-electron chi connectivity index (χ1n) is 6.95. The van der Waals surface area contributed by atoms with Gasteiger partial charge in [0.25, 0.3) is 5.91 Å². The molecule has 124 valence electrons. The highest BCUT2D eigenvalue weighted by Crippen LogP contribution is 2.30. The topological polar surface area (TPSA) is 62.1 Å². The molecule has 4 nitrogen and oxygen atoms in total. The number of para-hydroxylation sites is 1. The maximum Gasteiger partial charge on any atom is 0.416 e. The van der Waals surface area contributed by atoms with Crippen LogP contribution in [0.25, 0.3) is 0 Å². The third-order valence-corrected chi connectivity index (χ3v) is 3.17. The van der Waals surface area contributed by atoms with Crippen LogP contribution in [-0.4, -0.2) is 12.0 Å². The van der Waals surface area contributed by atoms with E-state index in [4.69, 9.17) is 10.00 Å². The minimum absolute atomic E-state index is 0.138. The fraction of sp³-hybridized carbons (Fsp3) is 0.176. The van der Waals surface area contributed by atoms with Gasteiger partial charge in [0.15, 0.2) is 6.10 Å². The largest absolute Gasteiger partial charge is 0.481 e. The second-order valence-corrected chi connectivity index (χ2v) is 4.93. The van der Waals surface area contributed by atoms with Gasteiger partial charge in [-0.2, -0.15) is 18.4 Å². The Bertz CT molecular complexity index is 765. The summed E-state index contributed by atoms with van der Waals surface area (Å²) < 4.78 is 42.8. The molecule has 0 saturated heterocycles. The Labute approximate surface area is 136 Å². The summed E-state index contributed by atoms with van der Waals surface area (Å²) in [5.41, 5.74) is -0.157. The molecule has 0 aliphatic carbocycles. The molecular formula is C17H13F3N2O2. The van der Waals surface area contributed by atoms with E-state index in [1.807, 2.05) is 6.07 Å². The Morgan fingerprint density at radius 3 is 2.38 bits per heavy atom. The monoisotopic (exact) mass is 334 g/mol. The number of hydrogen-bond donors (Lipinski definition) is 1. The number of rotatable bonds is 4. The van der Waals surface area contributed by atoms with Gasteiger partial charge >= 0.3 is 6.18 Å². The van der Waals surface area contributed by atoms with Crippen molar-refractivity contribution in [3.05, 3.63) is 59.7 Å². The maximum atomic E-state index is 12.5. The van der Waals surface area contributed by atoms with Gasteiger partial charge in [-0.3, -0.25) is 4.79 Å². The van der Waals surface area contributed by atoms with Crippen molar-refractivity contribution in [3.8, 4) is 11.8 Å². The molecule has 0 saturated carbocycles. The molecule has 0 aromatic heterocycles. The molecule has 0 fully saturated rings. The molecule has 1 atom stereocenters. The van der Waals surface area contributed by atoms with Crippen LogP contribution in [0.2, 0.25) is 0 Å². The molecule has 2 rings (SSSR count). The van der Waals surface area contributed by atoms with Gasteiger partial charge in [-0.1, -0.05) is 12.1 Å². The molecule has 1 N–H and O–H groups in total. The predicted octanol–water partition coefficient (Wildman–Crippen LogP) is 3.98. The molecule has 24 heavy (non-hydrogen) atoms. The number of nitriles is 1. The summed E-state index contributed by atoms with van der Waals surface area (Å²) in [4.78, 5) is 12.1. The van der Waals surface area contributed by atoms with Crippen LogP contribution in [0.4, 0.5) is 18.9 Å². The summed E-state index contributed by atoms with van der Waals surface area (Å²) in [6.45, 7) is 1.46. The molecule has 2 aromatic rings. The zero-order valence-electron chi connectivity index (χ0n) is 12.6. The third-order valence-electron chi connectivity index (χ3n) is 3.17. The smallest absolute Gasteiger partial charge is 0.416 e. The normalized spacial score (nSPS) is 12.1. The number of ether oxygens (including phenoxy) is 1. The minimum Gasteiger partial charge on any atom is -0.481 e. The molecule has 0 spiro atoms. The van der Waals surface area contributed by atoms with Crippen molar-refractivity contribution in [2.45, 2.75) is 19.2 Å². The van der Waals surface area contributed by atoms with E-state index in [1.165, 1.54) is 6.92 Å². The van der Waals surface area contributed by atoms with E-state index in [-0.39, 0.29) is 5.75 Å². The molecule has 0 heterocycles. The fourth-order valence-electron chi connectivity index (χ4n) is 1.90.